The van der Waals surface area contributed by atoms with Crippen LogP contribution in [-0.4, -0.2) is 73.2 Å². The highest BCUT2D eigenvalue weighted by molar-refractivity contribution is 5.81. The quantitative estimate of drug-likeness (QED) is 0.656. The molecule has 1 saturated carbocycles. The molecule has 2 N–H and O–H groups in total. The summed E-state index contributed by atoms with van der Waals surface area (Å²) in [5.74, 6) is 0.678. The fourth-order valence-corrected chi connectivity index (χ4v) is 2.34. The molecule has 1 atom stereocenters. The smallest absolute Gasteiger partial charge is 0.225 e. The van der Waals surface area contributed by atoms with Gasteiger partial charge in [-0.2, -0.15) is 0 Å². The number of likely N-dealkylation sites (N-methyl/N-ethyl adjacent to an activating group) is 1. The topological polar surface area (TPSA) is 55.8 Å². The third-order valence-electron chi connectivity index (χ3n) is 3.52. The van der Waals surface area contributed by atoms with Gasteiger partial charge in [0, 0.05) is 45.2 Å². The van der Waals surface area contributed by atoms with Crippen LogP contribution in [0.15, 0.2) is 0 Å². The highest BCUT2D eigenvalue weighted by Gasteiger charge is 2.34. The minimum Gasteiger partial charge on any atom is -0.390 e. The van der Waals surface area contributed by atoms with E-state index in [4.69, 9.17) is 0 Å². The predicted molar refractivity (Wildman–Crippen MR) is 65.7 cm³/mol. The maximum Gasteiger partial charge on any atom is 0.225 e. The van der Waals surface area contributed by atoms with E-state index in [1.807, 2.05) is 11.9 Å². The van der Waals surface area contributed by atoms with Gasteiger partial charge in [-0.05, 0) is 19.9 Å². The monoisotopic (exact) mass is 241 g/mol. The Balaban J connectivity index is 1.68. The van der Waals surface area contributed by atoms with E-state index in [1.165, 1.54) is 0 Å². The van der Waals surface area contributed by atoms with Crippen molar-refractivity contribution in [1.82, 2.24) is 15.1 Å². The van der Waals surface area contributed by atoms with Gasteiger partial charge in [-0.1, -0.05) is 0 Å². The lowest BCUT2D eigenvalue weighted by Crippen LogP contribution is -2.51. The summed E-state index contributed by atoms with van der Waals surface area (Å²) < 4.78 is 0. The van der Waals surface area contributed by atoms with Crippen molar-refractivity contribution >= 4 is 5.91 Å². The zero-order chi connectivity index (χ0) is 12.3. The van der Waals surface area contributed by atoms with Crippen LogP contribution < -0.4 is 5.32 Å². The fourth-order valence-electron chi connectivity index (χ4n) is 2.34. The SMILES string of the molecule is CNCC(O)CN1CCN(C(=O)C2CC2)CC1. The summed E-state index contributed by atoms with van der Waals surface area (Å²) >= 11 is 0. The van der Waals surface area contributed by atoms with E-state index in [-0.39, 0.29) is 6.10 Å². The largest absolute Gasteiger partial charge is 0.390 e. The molecule has 1 saturated heterocycles. The van der Waals surface area contributed by atoms with Gasteiger partial charge in [0.1, 0.15) is 0 Å². The Morgan fingerprint density at radius 3 is 2.53 bits per heavy atom. The summed E-state index contributed by atoms with van der Waals surface area (Å²) in [6.07, 6.45) is 1.85. The maximum absolute atomic E-state index is 11.8. The second-order valence-corrected chi connectivity index (χ2v) is 5.11. The Morgan fingerprint density at radius 1 is 1.35 bits per heavy atom. The molecule has 0 radical (unpaired) electrons. The van der Waals surface area contributed by atoms with Crippen molar-refractivity contribution in [2.45, 2.75) is 18.9 Å². The number of aliphatic hydroxyl groups is 1. The van der Waals surface area contributed by atoms with Crippen molar-refractivity contribution in [2.75, 3.05) is 46.3 Å². The first-order chi connectivity index (χ1) is 8.20. The molecule has 0 bridgehead atoms. The van der Waals surface area contributed by atoms with Crippen molar-refractivity contribution in [2.24, 2.45) is 5.92 Å². The van der Waals surface area contributed by atoms with Crippen LogP contribution in [0.5, 0.6) is 0 Å². The number of aliphatic hydroxyl groups excluding tert-OH is 1. The van der Waals surface area contributed by atoms with Gasteiger partial charge >= 0.3 is 0 Å². The molecule has 5 heteroatoms. The fraction of sp³-hybridized carbons (Fsp3) is 0.917. The molecular weight excluding hydrogens is 218 g/mol. The number of carbonyl (C=O) groups excluding carboxylic acids is 1. The molecule has 17 heavy (non-hydrogen) atoms. The maximum atomic E-state index is 11.8. The van der Waals surface area contributed by atoms with Crippen molar-refractivity contribution in [3.05, 3.63) is 0 Å². The van der Waals surface area contributed by atoms with E-state index in [0.717, 1.165) is 39.0 Å². The zero-order valence-electron chi connectivity index (χ0n) is 10.6. The summed E-state index contributed by atoms with van der Waals surface area (Å²) in [6.45, 7) is 4.75. The van der Waals surface area contributed by atoms with Crippen LogP contribution in [0.1, 0.15) is 12.8 Å². The van der Waals surface area contributed by atoms with Gasteiger partial charge in [-0.3, -0.25) is 9.69 Å². The molecule has 0 aromatic heterocycles. The number of hydrogen-bond donors (Lipinski definition) is 2. The van der Waals surface area contributed by atoms with E-state index in [2.05, 4.69) is 10.2 Å². The Labute approximate surface area is 103 Å². The first-order valence-corrected chi connectivity index (χ1v) is 6.54. The molecule has 5 nitrogen and oxygen atoms in total. The summed E-state index contributed by atoms with van der Waals surface area (Å²) in [5, 5.41) is 12.7. The van der Waals surface area contributed by atoms with Gasteiger partial charge in [0.25, 0.3) is 0 Å². The molecule has 1 amide bonds. The molecule has 0 aromatic carbocycles. The number of nitrogens with one attached hydrogen (secondary N) is 1. The minimum atomic E-state index is -0.314. The summed E-state index contributed by atoms with van der Waals surface area (Å²) in [7, 11) is 1.84. The number of carbonyl (C=O) groups is 1. The summed E-state index contributed by atoms with van der Waals surface area (Å²) in [6, 6.07) is 0. The molecule has 2 fully saturated rings. The van der Waals surface area contributed by atoms with Gasteiger partial charge < -0.3 is 15.3 Å². The lowest BCUT2D eigenvalue weighted by molar-refractivity contribution is -0.134. The summed E-state index contributed by atoms with van der Waals surface area (Å²) in [5.41, 5.74) is 0. The van der Waals surface area contributed by atoms with Gasteiger partial charge in [0.15, 0.2) is 0 Å². The first kappa shape index (κ1) is 12.8. The summed E-state index contributed by atoms with van der Waals surface area (Å²) in [4.78, 5) is 16.1. The van der Waals surface area contributed by atoms with Crippen molar-refractivity contribution < 1.29 is 9.90 Å². The van der Waals surface area contributed by atoms with Gasteiger partial charge in [-0.25, -0.2) is 0 Å². The lowest BCUT2D eigenvalue weighted by atomic mass is 10.2. The third-order valence-corrected chi connectivity index (χ3v) is 3.52. The number of nitrogens with zero attached hydrogens (tertiary/aromatic N) is 2. The van der Waals surface area contributed by atoms with E-state index in [0.29, 0.717) is 24.9 Å². The van der Waals surface area contributed by atoms with Gasteiger partial charge in [-0.15, -0.1) is 0 Å². The second kappa shape index (κ2) is 5.80. The van der Waals surface area contributed by atoms with Crippen molar-refractivity contribution in [3.63, 3.8) is 0 Å². The molecule has 2 aliphatic rings. The van der Waals surface area contributed by atoms with Crippen LogP contribution in [0.2, 0.25) is 0 Å². The number of hydrogen-bond acceptors (Lipinski definition) is 4. The van der Waals surface area contributed by atoms with Crippen LogP contribution in [0.4, 0.5) is 0 Å². The van der Waals surface area contributed by atoms with E-state index >= 15 is 0 Å². The van der Waals surface area contributed by atoms with E-state index < -0.39 is 0 Å². The predicted octanol–water partition coefficient (Wildman–Crippen LogP) is -0.879. The number of β-amino-alcohol motifs (C(OH)–C–C–N with tert-alkyl or cyclic N) is 1. The molecule has 1 unspecified atom stereocenters. The van der Waals surface area contributed by atoms with Crippen molar-refractivity contribution in [1.29, 1.82) is 0 Å². The molecule has 98 valence electrons. The number of amides is 1. The zero-order valence-corrected chi connectivity index (χ0v) is 10.6. The Hall–Kier alpha value is -0.650. The van der Waals surface area contributed by atoms with Crippen LogP contribution in [-0.2, 0) is 4.79 Å². The average Bonchev–Trinajstić information content (AvgIpc) is 3.13. The molecule has 0 aromatic rings. The van der Waals surface area contributed by atoms with E-state index in [1.54, 1.807) is 0 Å². The molecule has 2 rings (SSSR count). The van der Waals surface area contributed by atoms with Crippen LogP contribution in [0.3, 0.4) is 0 Å². The Morgan fingerprint density at radius 2 is 2.00 bits per heavy atom. The molecule has 0 spiro atoms. The molecule has 1 aliphatic heterocycles. The highest BCUT2D eigenvalue weighted by Crippen LogP contribution is 2.31. The van der Waals surface area contributed by atoms with Gasteiger partial charge in [0.05, 0.1) is 6.10 Å². The van der Waals surface area contributed by atoms with Crippen molar-refractivity contribution in [3.8, 4) is 0 Å². The standard InChI is InChI=1S/C12H23N3O2/c1-13-8-11(16)9-14-4-6-15(7-5-14)12(17)10-2-3-10/h10-11,13,16H,2-9H2,1H3. The molecule has 1 aliphatic carbocycles. The van der Waals surface area contributed by atoms with E-state index in [9.17, 15) is 9.90 Å². The minimum absolute atomic E-state index is 0.314. The number of rotatable bonds is 5. The van der Waals surface area contributed by atoms with Crippen LogP contribution in [0, 0.1) is 5.92 Å². The highest BCUT2D eigenvalue weighted by atomic mass is 16.3. The lowest BCUT2D eigenvalue weighted by Gasteiger charge is -2.35. The number of piperazine rings is 1. The average molecular weight is 241 g/mol. The molecule has 1 heterocycles. The Kier molecular flexibility index (Phi) is 4.36. The first-order valence-electron chi connectivity index (χ1n) is 6.54. The molecular formula is C12H23N3O2. The van der Waals surface area contributed by atoms with Crippen LogP contribution in [0.25, 0.3) is 0 Å². The Bertz CT molecular complexity index is 260. The van der Waals surface area contributed by atoms with Gasteiger partial charge in [0.2, 0.25) is 5.91 Å². The third kappa shape index (κ3) is 3.66. The normalized spacial score (nSPS) is 23.8. The second-order valence-electron chi connectivity index (χ2n) is 5.11. The van der Waals surface area contributed by atoms with Crippen LogP contribution >= 0.6 is 0 Å².